The fraction of sp³-hybridized carbons (Fsp3) is 0.562. The second-order valence-electron chi connectivity index (χ2n) is 5.80. The van der Waals surface area contributed by atoms with Crippen LogP contribution in [-0.4, -0.2) is 51.1 Å². The monoisotopic (exact) mass is 340 g/mol. The highest BCUT2D eigenvalue weighted by Crippen LogP contribution is 2.28. The lowest BCUT2D eigenvalue weighted by atomic mass is 10.1. The summed E-state index contributed by atoms with van der Waals surface area (Å²) >= 11 is 0. The zero-order valence-electron chi connectivity index (χ0n) is 13.6. The summed E-state index contributed by atoms with van der Waals surface area (Å²) in [4.78, 5) is 11.9. The lowest BCUT2D eigenvalue weighted by molar-refractivity contribution is -0.121. The number of nitrogens with zero attached hydrogens (tertiary/aromatic N) is 1. The number of carbonyl (C=O) groups is 1. The Morgan fingerprint density at radius 1 is 1.30 bits per heavy atom. The number of rotatable bonds is 9. The SMILES string of the molecule is COc1ccc(CCNC(=O)CCN(C2CC2)S(C)(=O)=O)cc1. The molecule has 0 unspecified atom stereocenters. The normalized spacial score (nSPS) is 14.7. The Morgan fingerprint density at radius 3 is 2.48 bits per heavy atom. The molecular formula is C16H24N2O4S. The van der Waals surface area contributed by atoms with Gasteiger partial charge in [-0.15, -0.1) is 0 Å². The summed E-state index contributed by atoms with van der Waals surface area (Å²) in [5, 5.41) is 2.83. The van der Waals surface area contributed by atoms with Crippen molar-refractivity contribution in [1.29, 1.82) is 0 Å². The maximum absolute atomic E-state index is 11.9. The highest BCUT2D eigenvalue weighted by Gasteiger charge is 2.34. The van der Waals surface area contributed by atoms with E-state index in [4.69, 9.17) is 4.74 Å². The quantitative estimate of drug-likeness (QED) is 0.732. The number of benzene rings is 1. The van der Waals surface area contributed by atoms with Crippen LogP contribution in [0.3, 0.4) is 0 Å². The fourth-order valence-electron chi connectivity index (χ4n) is 2.42. The van der Waals surface area contributed by atoms with Gasteiger partial charge in [-0.1, -0.05) is 12.1 Å². The van der Waals surface area contributed by atoms with Crippen molar-refractivity contribution in [2.75, 3.05) is 26.5 Å². The van der Waals surface area contributed by atoms with E-state index < -0.39 is 10.0 Å². The van der Waals surface area contributed by atoms with Gasteiger partial charge in [0, 0.05) is 25.6 Å². The van der Waals surface area contributed by atoms with Crippen molar-refractivity contribution < 1.29 is 17.9 Å². The zero-order chi connectivity index (χ0) is 16.9. The molecule has 1 amide bonds. The molecule has 0 aromatic heterocycles. The van der Waals surface area contributed by atoms with Crippen LogP contribution in [0.1, 0.15) is 24.8 Å². The first kappa shape index (κ1) is 17.7. The summed E-state index contributed by atoms with van der Waals surface area (Å²) in [7, 11) is -1.60. The summed E-state index contributed by atoms with van der Waals surface area (Å²) in [6.45, 7) is 0.797. The lowest BCUT2D eigenvalue weighted by Gasteiger charge is -2.18. The molecule has 1 aromatic carbocycles. The Hall–Kier alpha value is -1.60. The van der Waals surface area contributed by atoms with E-state index in [0.29, 0.717) is 6.54 Å². The van der Waals surface area contributed by atoms with Crippen molar-refractivity contribution in [2.45, 2.75) is 31.7 Å². The number of hydrogen-bond acceptors (Lipinski definition) is 4. The first-order valence-electron chi connectivity index (χ1n) is 7.76. The van der Waals surface area contributed by atoms with Crippen molar-refractivity contribution >= 4 is 15.9 Å². The van der Waals surface area contributed by atoms with Gasteiger partial charge >= 0.3 is 0 Å². The van der Waals surface area contributed by atoms with Gasteiger partial charge in [0.05, 0.1) is 13.4 Å². The van der Waals surface area contributed by atoms with Gasteiger partial charge < -0.3 is 10.1 Å². The molecule has 23 heavy (non-hydrogen) atoms. The first-order chi connectivity index (χ1) is 10.9. The molecule has 0 aliphatic heterocycles. The minimum absolute atomic E-state index is 0.0945. The van der Waals surface area contributed by atoms with Crippen LogP contribution in [0.15, 0.2) is 24.3 Å². The molecular weight excluding hydrogens is 316 g/mol. The second-order valence-corrected chi connectivity index (χ2v) is 7.74. The molecule has 2 rings (SSSR count). The summed E-state index contributed by atoms with van der Waals surface area (Å²) in [5.74, 6) is 0.687. The number of methoxy groups -OCH3 is 1. The molecule has 0 radical (unpaired) electrons. The Bertz CT molecular complexity index is 624. The number of amides is 1. The van der Waals surface area contributed by atoms with Crippen molar-refractivity contribution in [2.24, 2.45) is 0 Å². The first-order valence-corrected chi connectivity index (χ1v) is 9.61. The molecule has 1 aromatic rings. The maximum atomic E-state index is 11.9. The third kappa shape index (κ3) is 5.84. The van der Waals surface area contributed by atoms with E-state index in [0.717, 1.165) is 30.6 Å². The average Bonchev–Trinajstić information content (AvgIpc) is 3.31. The van der Waals surface area contributed by atoms with Crippen LogP contribution in [0.2, 0.25) is 0 Å². The number of nitrogens with one attached hydrogen (secondary N) is 1. The molecule has 1 aliphatic carbocycles. The van der Waals surface area contributed by atoms with Gasteiger partial charge in [-0.3, -0.25) is 4.79 Å². The molecule has 6 nitrogen and oxygen atoms in total. The zero-order valence-corrected chi connectivity index (χ0v) is 14.4. The van der Waals surface area contributed by atoms with E-state index in [1.165, 1.54) is 10.6 Å². The highest BCUT2D eigenvalue weighted by atomic mass is 32.2. The minimum atomic E-state index is -3.23. The molecule has 1 aliphatic rings. The summed E-state index contributed by atoms with van der Waals surface area (Å²) in [6.07, 6.45) is 3.92. The molecule has 0 saturated heterocycles. The summed E-state index contributed by atoms with van der Waals surface area (Å²) in [5.41, 5.74) is 1.11. The molecule has 0 heterocycles. The Kier molecular flexibility index (Phi) is 6.01. The predicted octanol–water partition coefficient (Wildman–Crippen LogP) is 1.17. The number of carbonyl (C=O) groups excluding carboxylic acids is 1. The van der Waals surface area contributed by atoms with Crippen molar-refractivity contribution in [3.63, 3.8) is 0 Å². The van der Waals surface area contributed by atoms with Crippen LogP contribution in [0.4, 0.5) is 0 Å². The average molecular weight is 340 g/mol. The van der Waals surface area contributed by atoms with E-state index in [-0.39, 0.29) is 24.9 Å². The Labute approximate surface area is 137 Å². The predicted molar refractivity (Wildman–Crippen MR) is 88.9 cm³/mol. The van der Waals surface area contributed by atoms with Gasteiger partial charge in [0.2, 0.25) is 15.9 Å². The standard InChI is InChI=1S/C16H24N2O4S/c1-22-15-7-3-13(4-8-15)9-11-17-16(19)10-12-18(14-5-6-14)23(2,20)21/h3-4,7-8,14H,5-6,9-12H2,1-2H3,(H,17,19). The van der Waals surface area contributed by atoms with Gasteiger partial charge in [-0.25, -0.2) is 8.42 Å². The van der Waals surface area contributed by atoms with E-state index in [9.17, 15) is 13.2 Å². The van der Waals surface area contributed by atoms with Crippen molar-refractivity contribution in [3.8, 4) is 5.75 Å². The number of sulfonamides is 1. The van der Waals surface area contributed by atoms with Crippen LogP contribution >= 0.6 is 0 Å². The van der Waals surface area contributed by atoms with Gasteiger partial charge in [0.1, 0.15) is 5.75 Å². The van der Waals surface area contributed by atoms with Crippen LogP contribution in [-0.2, 0) is 21.2 Å². The largest absolute Gasteiger partial charge is 0.497 e. The van der Waals surface area contributed by atoms with Gasteiger partial charge in [0.15, 0.2) is 0 Å². The molecule has 1 N–H and O–H groups in total. The molecule has 1 saturated carbocycles. The van der Waals surface area contributed by atoms with Crippen LogP contribution in [0.25, 0.3) is 0 Å². The van der Waals surface area contributed by atoms with Crippen LogP contribution in [0, 0.1) is 0 Å². The lowest BCUT2D eigenvalue weighted by Crippen LogP contribution is -2.36. The maximum Gasteiger partial charge on any atom is 0.221 e. The van der Waals surface area contributed by atoms with Crippen molar-refractivity contribution in [1.82, 2.24) is 9.62 Å². The summed E-state index contributed by atoms with van der Waals surface area (Å²) in [6, 6.07) is 7.79. The minimum Gasteiger partial charge on any atom is -0.497 e. The molecule has 0 bridgehead atoms. The molecule has 0 spiro atoms. The number of hydrogen-bond donors (Lipinski definition) is 1. The Morgan fingerprint density at radius 2 is 1.96 bits per heavy atom. The van der Waals surface area contributed by atoms with E-state index >= 15 is 0 Å². The van der Waals surface area contributed by atoms with Crippen LogP contribution < -0.4 is 10.1 Å². The molecule has 0 atom stereocenters. The van der Waals surface area contributed by atoms with Crippen LogP contribution in [0.5, 0.6) is 5.75 Å². The molecule has 128 valence electrons. The number of ether oxygens (including phenoxy) is 1. The van der Waals surface area contributed by atoms with E-state index in [1.807, 2.05) is 24.3 Å². The summed E-state index contributed by atoms with van der Waals surface area (Å²) < 4.78 is 29.9. The topological polar surface area (TPSA) is 75.7 Å². The highest BCUT2D eigenvalue weighted by molar-refractivity contribution is 7.88. The molecule has 1 fully saturated rings. The Balaban J connectivity index is 1.70. The van der Waals surface area contributed by atoms with Gasteiger partial charge in [0.25, 0.3) is 0 Å². The smallest absolute Gasteiger partial charge is 0.221 e. The van der Waals surface area contributed by atoms with Crippen molar-refractivity contribution in [3.05, 3.63) is 29.8 Å². The third-order valence-electron chi connectivity index (χ3n) is 3.83. The second kappa shape index (κ2) is 7.79. The van der Waals surface area contributed by atoms with Gasteiger partial charge in [-0.05, 0) is 37.0 Å². The molecule has 7 heteroatoms. The van der Waals surface area contributed by atoms with Gasteiger partial charge in [-0.2, -0.15) is 4.31 Å². The van der Waals surface area contributed by atoms with E-state index in [2.05, 4.69) is 5.32 Å². The fourth-order valence-corrected chi connectivity index (χ4v) is 3.60. The third-order valence-corrected chi connectivity index (χ3v) is 5.17. The van der Waals surface area contributed by atoms with E-state index in [1.54, 1.807) is 7.11 Å².